The third-order valence-electron chi connectivity index (χ3n) is 6.47. The predicted molar refractivity (Wildman–Crippen MR) is 128 cm³/mol. The molecule has 1 aromatic carbocycles. The number of nitrogens with two attached hydrogens (primary N) is 1. The van der Waals surface area contributed by atoms with Gasteiger partial charge in [-0.05, 0) is 93.8 Å². The molecule has 0 bridgehead atoms. The summed E-state index contributed by atoms with van der Waals surface area (Å²) in [5.74, 6) is 1.78. The highest BCUT2D eigenvalue weighted by Gasteiger charge is 2.47. The highest BCUT2D eigenvalue weighted by Crippen LogP contribution is 2.51. The minimum atomic E-state index is -0.549. The van der Waals surface area contributed by atoms with Crippen molar-refractivity contribution in [3.63, 3.8) is 0 Å². The maximum Gasteiger partial charge on any atom is 0.234 e. The molecule has 5 nitrogen and oxygen atoms in total. The molecule has 0 unspecified atom stereocenters. The van der Waals surface area contributed by atoms with Crippen LogP contribution in [-0.4, -0.2) is 30.9 Å². The third kappa shape index (κ3) is 5.95. The van der Waals surface area contributed by atoms with Crippen LogP contribution >= 0.6 is 11.8 Å². The van der Waals surface area contributed by atoms with Gasteiger partial charge in [0.1, 0.15) is 17.3 Å². The molecule has 2 fully saturated rings. The maximum atomic E-state index is 12.5. The zero-order valence-corrected chi connectivity index (χ0v) is 19.4. The number of allylic oxidation sites excluding steroid dienone is 3. The Morgan fingerprint density at radius 3 is 2.35 bits per heavy atom. The van der Waals surface area contributed by atoms with Crippen LogP contribution in [0.3, 0.4) is 0 Å². The number of primary amides is 1. The van der Waals surface area contributed by atoms with Gasteiger partial charge in [-0.25, -0.2) is 0 Å². The summed E-state index contributed by atoms with van der Waals surface area (Å²) in [4.78, 5) is 13.5. The van der Waals surface area contributed by atoms with Crippen molar-refractivity contribution in [3.05, 3.63) is 59.7 Å². The van der Waals surface area contributed by atoms with Crippen LogP contribution in [0.1, 0.15) is 45.4 Å². The molecule has 1 saturated heterocycles. The topological polar surface area (TPSA) is 73.6 Å². The molecule has 1 amide bonds. The first kappa shape index (κ1) is 23.5. The number of amides is 1. The summed E-state index contributed by atoms with van der Waals surface area (Å²) in [6.45, 7) is 8.12. The summed E-state index contributed by atoms with van der Waals surface area (Å²) in [5.41, 5.74) is 6.26. The van der Waals surface area contributed by atoms with E-state index >= 15 is 0 Å². The summed E-state index contributed by atoms with van der Waals surface area (Å²) in [6.07, 6.45) is 12.0. The van der Waals surface area contributed by atoms with Crippen molar-refractivity contribution in [2.75, 3.05) is 20.2 Å². The van der Waals surface area contributed by atoms with E-state index in [-0.39, 0.29) is 5.91 Å². The van der Waals surface area contributed by atoms with E-state index in [0.717, 1.165) is 49.4 Å². The molecule has 6 heteroatoms. The van der Waals surface area contributed by atoms with Crippen LogP contribution in [0.2, 0.25) is 0 Å². The number of carbonyl (C=O) groups is 1. The smallest absolute Gasteiger partial charge is 0.234 e. The SMILES string of the molecule is C=C(/C=C\C(=C/C)SC1(C(N)=O)CCC2(CCCNC2)CC1)Oc1ccc(OC)cc1. The summed E-state index contributed by atoms with van der Waals surface area (Å²) in [5, 5.41) is 3.54. The Morgan fingerprint density at radius 2 is 1.81 bits per heavy atom. The van der Waals surface area contributed by atoms with Gasteiger partial charge in [-0.2, -0.15) is 0 Å². The van der Waals surface area contributed by atoms with Crippen molar-refractivity contribution in [1.29, 1.82) is 0 Å². The Balaban J connectivity index is 1.61. The number of carbonyl (C=O) groups excluding carboxylic acids is 1. The molecule has 1 aromatic rings. The minimum absolute atomic E-state index is 0.211. The van der Waals surface area contributed by atoms with Crippen molar-refractivity contribution in [2.24, 2.45) is 11.1 Å². The van der Waals surface area contributed by atoms with Gasteiger partial charge in [0.05, 0.1) is 11.9 Å². The van der Waals surface area contributed by atoms with Gasteiger partial charge in [0, 0.05) is 11.4 Å². The third-order valence-corrected chi connectivity index (χ3v) is 8.08. The van der Waals surface area contributed by atoms with Gasteiger partial charge >= 0.3 is 0 Å². The molecule has 3 N–H and O–H groups in total. The number of hydrogen-bond acceptors (Lipinski definition) is 5. The maximum absolute atomic E-state index is 12.5. The van der Waals surface area contributed by atoms with Gasteiger partial charge in [0.25, 0.3) is 0 Å². The van der Waals surface area contributed by atoms with E-state index < -0.39 is 4.75 Å². The largest absolute Gasteiger partial charge is 0.497 e. The average molecular weight is 443 g/mol. The molecular weight excluding hydrogens is 408 g/mol. The lowest BCUT2D eigenvalue weighted by molar-refractivity contribution is -0.121. The molecule has 168 valence electrons. The lowest BCUT2D eigenvalue weighted by atomic mass is 9.66. The molecular formula is C25H34N2O3S. The van der Waals surface area contributed by atoms with Crippen LogP contribution in [0.25, 0.3) is 0 Å². The van der Waals surface area contributed by atoms with E-state index in [4.69, 9.17) is 15.2 Å². The van der Waals surface area contributed by atoms with Gasteiger partial charge in [0.15, 0.2) is 0 Å². The van der Waals surface area contributed by atoms with Crippen LogP contribution in [0.5, 0.6) is 11.5 Å². The van der Waals surface area contributed by atoms with Gasteiger partial charge in [-0.15, -0.1) is 11.8 Å². The van der Waals surface area contributed by atoms with Gasteiger partial charge in [0.2, 0.25) is 5.91 Å². The molecule has 2 aliphatic rings. The Bertz CT molecular complexity index is 829. The van der Waals surface area contributed by atoms with Crippen molar-refractivity contribution in [2.45, 2.75) is 50.2 Å². The number of rotatable bonds is 8. The molecule has 3 rings (SSSR count). The van der Waals surface area contributed by atoms with E-state index in [1.807, 2.05) is 49.4 Å². The molecule has 1 aliphatic carbocycles. The molecule has 0 atom stereocenters. The molecule has 1 aliphatic heterocycles. The Kier molecular flexibility index (Phi) is 7.89. The first-order valence-electron chi connectivity index (χ1n) is 11.0. The second-order valence-electron chi connectivity index (χ2n) is 8.51. The number of piperidine rings is 1. The van der Waals surface area contributed by atoms with Gasteiger partial charge in [-0.3, -0.25) is 4.79 Å². The first-order valence-corrected chi connectivity index (χ1v) is 11.8. The van der Waals surface area contributed by atoms with Crippen molar-refractivity contribution >= 4 is 17.7 Å². The highest BCUT2D eigenvalue weighted by molar-refractivity contribution is 8.05. The van der Waals surface area contributed by atoms with Crippen molar-refractivity contribution < 1.29 is 14.3 Å². The fourth-order valence-electron chi connectivity index (χ4n) is 4.46. The summed E-state index contributed by atoms with van der Waals surface area (Å²) in [7, 11) is 1.63. The second kappa shape index (κ2) is 10.4. The number of hydrogen-bond donors (Lipinski definition) is 2. The lowest BCUT2D eigenvalue weighted by Gasteiger charge is -2.47. The van der Waals surface area contributed by atoms with Crippen LogP contribution < -0.4 is 20.5 Å². The molecule has 31 heavy (non-hydrogen) atoms. The van der Waals surface area contributed by atoms with Crippen LogP contribution in [0.4, 0.5) is 0 Å². The first-order chi connectivity index (χ1) is 14.9. The van der Waals surface area contributed by atoms with Crippen LogP contribution in [0, 0.1) is 5.41 Å². The van der Waals surface area contributed by atoms with E-state index in [1.54, 1.807) is 18.9 Å². The van der Waals surface area contributed by atoms with Crippen LogP contribution in [0.15, 0.2) is 59.7 Å². The number of methoxy groups -OCH3 is 1. The number of nitrogens with one attached hydrogen (secondary N) is 1. The summed E-state index contributed by atoms with van der Waals surface area (Å²) < 4.78 is 10.4. The monoisotopic (exact) mass is 442 g/mol. The normalized spacial score (nSPS) is 26.7. The zero-order chi connectivity index (χ0) is 22.3. The van der Waals surface area contributed by atoms with Crippen LogP contribution in [-0.2, 0) is 4.79 Å². The number of benzene rings is 1. The lowest BCUT2D eigenvalue weighted by Crippen LogP contribution is -2.50. The quantitative estimate of drug-likeness (QED) is 0.440. The van der Waals surface area contributed by atoms with E-state index in [2.05, 4.69) is 11.9 Å². The van der Waals surface area contributed by atoms with Gasteiger partial charge in [-0.1, -0.05) is 12.7 Å². The van der Waals surface area contributed by atoms with Crippen molar-refractivity contribution in [1.82, 2.24) is 5.32 Å². The molecule has 1 saturated carbocycles. The number of thioether (sulfide) groups is 1. The Morgan fingerprint density at radius 1 is 1.13 bits per heavy atom. The average Bonchev–Trinajstić information content (AvgIpc) is 2.79. The summed E-state index contributed by atoms with van der Waals surface area (Å²) >= 11 is 1.59. The fraction of sp³-hybridized carbons (Fsp3) is 0.480. The predicted octanol–water partition coefficient (Wildman–Crippen LogP) is 4.95. The standard InChI is InChI=1S/C25H34N2O3S/c1-4-22(11-6-19(2)30-21-9-7-20(29-3)8-10-21)31-25(23(26)28)15-13-24(14-16-25)12-5-17-27-18-24/h4,6-11,27H,2,5,12-18H2,1,3H3,(H2,26,28)/b11-6-,22-4+. The van der Waals surface area contributed by atoms with E-state index in [9.17, 15) is 4.79 Å². The fourth-order valence-corrected chi connectivity index (χ4v) is 5.67. The van der Waals surface area contributed by atoms with Gasteiger partial charge < -0.3 is 20.5 Å². The molecule has 1 heterocycles. The number of ether oxygens (including phenoxy) is 2. The molecule has 0 radical (unpaired) electrons. The molecule has 0 aromatic heterocycles. The van der Waals surface area contributed by atoms with E-state index in [1.165, 1.54) is 12.8 Å². The van der Waals surface area contributed by atoms with E-state index in [0.29, 0.717) is 16.9 Å². The minimum Gasteiger partial charge on any atom is -0.497 e. The highest BCUT2D eigenvalue weighted by atomic mass is 32.2. The summed E-state index contributed by atoms with van der Waals surface area (Å²) in [6, 6.07) is 7.36. The Labute approximate surface area is 190 Å². The molecule has 1 spiro atoms. The second-order valence-corrected chi connectivity index (χ2v) is 9.97. The zero-order valence-electron chi connectivity index (χ0n) is 18.6. The Hall–Kier alpha value is -2.18. The van der Waals surface area contributed by atoms with Crippen molar-refractivity contribution in [3.8, 4) is 11.5 Å².